The fourth-order valence-corrected chi connectivity index (χ4v) is 5.71. The SMILES string of the molecule is O=C(O)[C@H](Cc1cnc[nH]1)NCC(=O)N(C[C@H]1CN(c2ccc(N3CCOCC3=O)cc2F)C(=O)O1)C(=O)c1ccc(Cl)s1. The fourth-order valence-electron chi connectivity index (χ4n) is 4.72. The Morgan fingerprint density at radius 1 is 1.25 bits per heavy atom. The molecule has 44 heavy (non-hydrogen) atoms. The van der Waals surface area contributed by atoms with Crippen LogP contribution < -0.4 is 15.1 Å². The highest BCUT2D eigenvalue weighted by Gasteiger charge is 2.38. The number of aliphatic carboxylic acids is 1. The van der Waals surface area contributed by atoms with E-state index in [1.165, 1.54) is 41.7 Å². The van der Waals surface area contributed by atoms with Crippen LogP contribution in [0.15, 0.2) is 42.9 Å². The molecule has 2 atom stereocenters. The molecule has 5 rings (SSSR count). The largest absolute Gasteiger partial charge is 0.480 e. The van der Waals surface area contributed by atoms with Crippen molar-refractivity contribution in [3.63, 3.8) is 0 Å². The Kier molecular flexibility index (Phi) is 9.53. The number of benzene rings is 1. The van der Waals surface area contributed by atoms with Crippen LogP contribution in [0.2, 0.25) is 4.34 Å². The third-order valence-corrected chi connectivity index (χ3v) is 8.11. The summed E-state index contributed by atoms with van der Waals surface area (Å²) in [5, 5.41) is 12.3. The van der Waals surface area contributed by atoms with Gasteiger partial charge in [0.15, 0.2) is 0 Å². The number of imide groups is 1. The number of carboxylic acids is 1. The molecule has 2 aromatic heterocycles. The molecule has 3 N–H and O–H groups in total. The van der Waals surface area contributed by atoms with Crippen LogP contribution >= 0.6 is 22.9 Å². The molecule has 2 fully saturated rings. The molecular weight excluding hydrogens is 623 g/mol. The van der Waals surface area contributed by atoms with Crippen molar-refractivity contribution in [3.05, 3.63) is 63.6 Å². The number of imidazole rings is 1. The van der Waals surface area contributed by atoms with Gasteiger partial charge in [-0.1, -0.05) is 11.6 Å². The Balaban J connectivity index is 1.29. The van der Waals surface area contributed by atoms with Gasteiger partial charge in [0, 0.05) is 30.5 Å². The Hall–Kier alpha value is -4.38. The summed E-state index contributed by atoms with van der Waals surface area (Å²) in [4.78, 5) is 73.4. The average Bonchev–Trinajstić information content (AvgIpc) is 3.75. The minimum atomic E-state index is -1.22. The van der Waals surface area contributed by atoms with Crippen molar-refractivity contribution in [2.75, 3.05) is 49.2 Å². The number of anilines is 2. The molecule has 2 saturated heterocycles. The molecule has 0 bridgehead atoms. The van der Waals surface area contributed by atoms with E-state index in [1.807, 2.05) is 0 Å². The second-order valence-corrected chi connectivity index (χ2v) is 11.5. The normalized spacial score (nSPS) is 17.5. The number of hydrogen-bond acceptors (Lipinski definition) is 10. The highest BCUT2D eigenvalue weighted by molar-refractivity contribution is 7.18. The molecule has 0 radical (unpaired) electrons. The molecule has 1 aromatic carbocycles. The summed E-state index contributed by atoms with van der Waals surface area (Å²) >= 11 is 6.93. The molecule has 4 amide bonds. The first-order chi connectivity index (χ1) is 21.1. The molecule has 3 aromatic rings. The number of carbonyl (C=O) groups is 5. The third-order valence-electron chi connectivity index (χ3n) is 6.89. The molecule has 0 unspecified atom stereocenters. The Morgan fingerprint density at radius 2 is 2.07 bits per heavy atom. The first-order valence-corrected chi connectivity index (χ1v) is 14.5. The van der Waals surface area contributed by atoms with E-state index in [0.717, 1.165) is 27.2 Å². The van der Waals surface area contributed by atoms with Crippen LogP contribution in [0.5, 0.6) is 0 Å². The molecule has 232 valence electrons. The zero-order valence-electron chi connectivity index (χ0n) is 22.9. The number of thiophene rings is 1. The van der Waals surface area contributed by atoms with Gasteiger partial charge in [0.25, 0.3) is 11.8 Å². The zero-order valence-corrected chi connectivity index (χ0v) is 24.5. The summed E-state index contributed by atoms with van der Waals surface area (Å²) in [6, 6.07) is 5.72. The average molecular weight is 649 g/mol. The van der Waals surface area contributed by atoms with Gasteiger partial charge in [0.2, 0.25) is 5.91 Å². The molecule has 2 aliphatic rings. The fraction of sp³-hybridized carbons (Fsp3) is 0.333. The molecule has 0 spiro atoms. The number of carbonyl (C=O) groups excluding carboxylic acids is 4. The number of cyclic esters (lactones) is 1. The molecule has 4 heterocycles. The van der Waals surface area contributed by atoms with Crippen LogP contribution in [0.3, 0.4) is 0 Å². The quantitative estimate of drug-likeness (QED) is 0.279. The van der Waals surface area contributed by atoms with Crippen LogP contribution in [0.1, 0.15) is 15.4 Å². The number of rotatable bonds is 11. The van der Waals surface area contributed by atoms with E-state index >= 15 is 4.39 Å². The van der Waals surface area contributed by atoms with Gasteiger partial charge in [-0.2, -0.15) is 0 Å². The highest BCUT2D eigenvalue weighted by atomic mass is 35.5. The number of halogens is 2. The number of ether oxygens (including phenoxy) is 2. The van der Waals surface area contributed by atoms with Crippen molar-refractivity contribution in [1.82, 2.24) is 20.2 Å². The van der Waals surface area contributed by atoms with E-state index in [1.54, 1.807) is 0 Å². The maximum Gasteiger partial charge on any atom is 0.414 e. The van der Waals surface area contributed by atoms with Crippen LogP contribution in [-0.2, 0) is 30.3 Å². The molecular formula is C27H26ClFN6O8S. The number of hydrogen-bond donors (Lipinski definition) is 3. The summed E-state index contributed by atoms with van der Waals surface area (Å²) in [5.41, 5.74) is 0.717. The van der Waals surface area contributed by atoms with E-state index in [9.17, 15) is 29.1 Å². The molecule has 0 saturated carbocycles. The van der Waals surface area contributed by atoms with Crippen molar-refractivity contribution in [3.8, 4) is 0 Å². The smallest absolute Gasteiger partial charge is 0.414 e. The predicted molar refractivity (Wildman–Crippen MR) is 154 cm³/mol. The van der Waals surface area contributed by atoms with Crippen LogP contribution in [-0.4, -0.2) is 101 Å². The number of nitrogens with zero attached hydrogens (tertiary/aromatic N) is 4. The summed E-state index contributed by atoms with van der Waals surface area (Å²) in [6.07, 6.45) is 0.909. The van der Waals surface area contributed by atoms with Gasteiger partial charge in [0.1, 0.15) is 24.6 Å². The summed E-state index contributed by atoms with van der Waals surface area (Å²) in [6.45, 7) is -0.680. The van der Waals surface area contributed by atoms with Gasteiger partial charge < -0.3 is 24.5 Å². The monoisotopic (exact) mass is 648 g/mol. The topological polar surface area (TPSA) is 174 Å². The van der Waals surface area contributed by atoms with E-state index in [4.69, 9.17) is 21.1 Å². The number of aromatic amines is 1. The number of aromatic nitrogens is 2. The van der Waals surface area contributed by atoms with E-state index in [-0.39, 0.29) is 42.6 Å². The van der Waals surface area contributed by atoms with Gasteiger partial charge in [-0.3, -0.25) is 34.3 Å². The van der Waals surface area contributed by atoms with Gasteiger partial charge in [-0.05, 0) is 30.3 Å². The molecule has 17 heteroatoms. The lowest BCUT2D eigenvalue weighted by molar-refractivity contribution is -0.139. The van der Waals surface area contributed by atoms with Gasteiger partial charge in [-0.15, -0.1) is 11.3 Å². The van der Waals surface area contributed by atoms with E-state index in [0.29, 0.717) is 22.3 Å². The number of nitrogens with one attached hydrogen (secondary N) is 2. The number of morpholine rings is 1. The summed E-state index contributed by atoms with van der Waals surface area (Å²) in [5.74, 6) is -3.83. The lowest BCUT2D eigenvalue weighted by Gasteiger charge is -2.27. The van der Waals surface area contributed by atoms with E-state index in [2.05, 4.69) is 15.3 Å². The van der Waals surface area contributed by atoms with Crippen molar-refractivity contribution in [2.24, 2.45) is 0 Å². The number of carboxylic acid groups (broad SMARTS) is 1. The second kappa shape index (κ2) is 13.5. The lowest BCUT2D eigenvalue weighted by atomic mass is 10.1. The maximum atomic E-state index is 15.2. The molecule has 2 aliphatic heterocycles. The first-order valence-electron chi connectivity index (χ1n) is 13.3. The summed E-state index contributed by atoms with van der Waals surface area (Å²) < 4.78 is 26.0. The van der Waals surface area contributed by atoms with Crippen LogP contribution in [0.4, 0.5) is 20.6 Å². The third kappa shape index (κ3) is 7.05. The maximum absolute atomic E-state index is 15.2. The second-order valence-electron chi connectivity index (χ2n) is 9.82. The Bertz CT molecular complexity index is 1570. The van der Waals surface area contributed by atoms with E-state index < -0.39 is 54.9 Å². The number of amides is 4. The minimum absolute atomic E-state index is 0.00363. The van der Waals surface area contributed by atoms with Crippen molar-refractivity contribution < 1.29 is 42.9 Å². The van der Waals surface area contributed by atoms with Crippen molar-refractivity contribution >= 4 is 64.1 Å². The van der Waals surface area contributed by atoms with Crippen LogP contribution in [0.25, 0.3) is 0 Å². The predicted octanol–water partition coefficient (Wildman–Crippen LogP) is 1.91. The van der Waals surface area contributed by atoms with Gasteiger partial charge in [-0.25, -0.2) is 14.2 Å². The molecule has 0 aliphatic carbocycles. The number of H-pyrrole nitrogens is 1. The minimum Gasteiger partial charge on any atom is -0.480 e. The van der Waals surface area contributed by atoms with Gasteiger partial charge >= 0.3 is 12.1 Å². The summed E-state index contributed by atoms with van der Waals surface area (Å²) in [7, 11) is 0. The Morgan fingerprint density at radius 3 is 2.73 bits per heavy atom. The standard InChI is InChI=1S/C27H26ClFN6O8S/c28-22-4-3-21(44-22)25(38)35(23(36)10-31-19(26(39)40)7-15-9-30-14-32-15)12-17-11-34(27(41)43-17)20-2-1-16(8-18(20)29)33-5-6-42-13-24(33)37/h1-4,8-9,14,17,19,31H,5-7,10-13H2,(H,30,32)(H,39,40)/t17-,19+/m1/s1. The Labute approximate surface area is 258 Å². The van der Waals surface area contributed by atoms with Crippen LogP contribution in [0, 0.1) is 5.82 Å². The lowest BCUT2D eigenvalue weighted by Crippen LogP contribution is -2.49. The van der Waals surface area contributed by atoms with Crippen molar-refractivity contribution in [1.29, 1.82) is 0 Å². The highest BCUT2D eigenvalue weighted by Crippen LogP contribution is 2.30. The zero-order chi connectivity index (χ0) is 31.4. The first kappa shape index (κ1) is 31.1. The molecule has 14 nitrogen and oxygen atoms in total. The van der Waals surface area contributed by atoms with Crippen molar-refractivity contribution in [2.45, 2.75) is 18.6 Å². The van der Waals surface area contributed by atoms with Gasteiger partial charge in [0.05, 0.1) is 47.5 Å².